The number of amides is 1. The second-order valence-corrected chi connectivity index (χ2v) is 4.53. The molecule has 6 heteroatoms. The Kier molecular flexibility index (Phi) is 5.44. The quantitative estimate of drug-likeness (QED) is 0.819. The molecule has 1 rings (SSSR count). The van der Waals surface area contributed by atoms with Crippen LogP contribution in [-0.4, -0.2) is 28.9 Å². The summed E-state index contributed by atoms with van der Waals surface area (Å²) in [5, 5.41) is 9.75. The molecular formula is C12H13Cl2NO3. The standard InChI is InChI=1S/C12H13Cl2NO3/c1-2-6-15(7-16)11(12(17)18)10-8(13)4-3-5-9(10)14/h3-5,7,11H,2,6H2,1H3,(H,17,18). The summed E-state index contributed by atoms with van der Waals surface area (Å²) >= 11 is 12.0. The van der Waals surface area contributed by atoms with Crippen molar-refractivity contribution < 1.29 is 14.7 Å². The van der Waals surface area contributed by atoms with Gasteiger partial charge in [0.2, 0.25) is 6.41 Å². The molecule has 0 aliphatic carbocycles. The first kappa shape index (κ1) is 14.8. The van der Waals surface area contributed by atoms with Crippen LogP contribution in [0.5, 0.6) is 0 Å². The molecule has 18 heavy (non-hydrogen) atoms. The van der Waals surface area contributed by atoms with Crippen LogP contribution in [0.3, 0.4) is 0 Å². The van der Waals surface area contributed by atoms with Gasteiger partial charge in [-0.1, -0.05) is 36.2 Å². The van der Waals surface area contributed by atoms with E-state index in [2.05, 4.69) is 0 Å². The highest BCUT2D eigenvalue weighted by Crippen LogP contribution is 2.33. The number of benzene rings is 1. The summed E-state index contributed by atoms with van der Waals surface area (Å²) in [6.45, 7) is 2.17. The number of hydrogen-bond donors (Lipinski definition) is 1. The average molecular weight is 290 g/mol. The zero-order valence-corrected chi connectivity index (χ0v) is 11.3. The van der Waals surface area contributed by atoms with Crippen molar-refractivity contribution in [1.82, 2.24) is 4.90 Å². The molecule has 0 heterocycles. The van der Waals surface area contributed by atoms with Crippen LogP contribution in [0, 0.1) is 0 Å². The zero-order chi connectivity index (χ0) is 13.7. The first-order valence-corrected chi connectivity index (χ1v) is 6.16. The van der Waals surface area contributed by atoms with E-state index in [1.165, 1.54) is 4.90 Å². The third kappa shape index (κ3) is 3.15. The Morgan fingerprint density at radius 3 is 2.39 bits per heavy atom. The van der Waals surface area contributed by atoms with Gasteiger partial charge in [0.25, 0.3) is 0 Å². The molecule has 1 amide bonds. The molecule has 1 unspecified atom stereocenters. The number of carbonyl (C=O) groups is 2. The van der Waals surface area contributed by atoms with Crippen molar-refractivity contribution >= 4 is 35.6 Å². The van der Waals surface area contributed by atoms with Crippen LogP contribution >= 0.6 is 23.2 Å². The number of nitrogens with zero attached hydrogens (tertiary/aromatic N) is 1. The lowest BCUT2D eigenvalue weighted by Gasteiger charge is -2.26. The molecule has 1 aromatic carbocycles. The Bertz CT molecular complexity index is 431. The molecule has 0 aliphatic heterocycles. The van der Waals surface area contributed by atoms with Crippen LogP contribution in [0.1, 0.15) is 24.9 Å². The topological polar surface area (TPSA) is 57.6 Å². The first-order chi connectivity index (χ1) is 8.52. The summed E-state index contributed by atoms with van der Waals surface area (Å²) in [5.74, 6) is -1.16. The summed E-state index contributed by atoms with van der Waals surface area (Å²) in [7, 11) is 0. The van der Waals surface area contributed by atoms with Crippen LogP contribution in [0.4, 0.5) is 0 Å². The van der Waals surface area contributed by atoms with Gasteiger partial charge in [0.1, 0.15) is 0 Å². The molecule has 0 radical (unpaired) electrons. The van der Waals surface area contributed by atoms with Crippen molar-refractivity contribution in [2.75, 3.05) is 6.54 Å². The van der Waals surface area contributed by atoms with Crippen LogP contribution in [0.25, 0.3) is 0 Å². The largest absolute Gasteiger partial charge is 0.479 e. The van der Waals surface area contributed by atoms with Gasteiger partial charge in [-0.15, -0.1) is 0 Å². The third-order valence-corrected chi connectivity index (χ3v) is 3.12. The molecule has 1 aromatic rings. The Balaban J connectivity index is 3.27. The number of carbonyl (C=O) groups excluding carboxylic acids is 1. The summed E-state index contributed by atoms with van der Waals surface area (Å²) in [4.78, 5) is 23.6. The maximum Gasteiger partial charge on any atom is 0.331 e. The Hall–Kier alpha value is -1.26. The van der Waals surface area contributed by atoms with E-state index in [4.69, 9.17) is 23.2 Å². The summed E-state index contributed by atoms with van der Waals surface area (Å²) in [6.07, 6.45) is 1.15. The van der Waals surface area contributed by atoms with E-state index in [0.717, 1.165) is 0 Å². The predicted molar refractivity (Wildman–Crippen MR) is 69.9 cm³/mol. The smallest absolute Gasteiger partial charge is 0.331 e. The molecule has 1 N–H and O–H groups in total. The Morgan fingerprint density at radius 2 is 2.00 bits per heavy atom. The van der Waals surface area contributed by atoms with Crippen molar-refractivity contribution in [1.29, 1.82) is 0 Å². The number of rotatable bonds is 6. The highest BCUT2D eigenvalue weighted by Gasteiger charge is 2.29. The van der Waals surface area contributed by atoms with Gasteiger partial charge < -0.3 is 10.0 Å². The second kappa shape index (κ2) is 6.61. The SMILES string of the molecule is CCCN(C=O)C(C(=O)O)c1c(Cl)cccc1Cl. The number of halogens is 2. The Morgan fingerprint density at radius 1 is 1.44 bits per heavy atom. The maximum atomic E-state index is 11.4. The van der Waals surface area contributed by atoms with Crippen LogP contribution < -0.4 is 0 Å². The summed E-state index contributed by atoms with van der Waals surface area (Å²) < 4.78 is 0. The molecular weight excluding hydrogens is 277 g/mol. The zero-order valence-electron chi connectivity index (χ0n) is 9.77. The van der Waals surface area contributed by atoms with Crippen molar-refractivity contribution in [3.05, 3.63) is 33.8 Å². The minimum atomic E-state index is -1.16. The monoisotopic (exact) mass is 289 g/mol. The second-order valence-electron chi connectivity index (χ2n) is 3.72. The van der Waals surface area contributed by atoms with E-state index in [-0.39, 0.29) is 15.6 Å². The molecule has 0 saturated heterocycles. The van der Waals surface area contributed by atoms with Gasteiger partial charge in [-0.2, -0.15) is 0 Å². The molecule has 1 atom stereocenters. The van der Waals surface area contributed by atoms with E-state index in [1.54, 1.807) is 18.2 Å². The molecule has 0 spiro atoms. The fourth-order valence-electron chi connectivity index (χ4n) is 1.70. The molecule has 0 bridgehead atoms. The highest BCUT2D eigenvalue weighted by atomic mass is 35.5. The number of hydrogen-bond acceptors (Lipinski definition) is 2. The number of carboxylic acids is 1. The number of carboxylic acid groups (broad SMARTS) is 1. The molecule has 0 fully saturated rings. The summed E-state index contributed by atoms with van der Waals surface area (Å²) in [5.41, 5.74) is 0.244. The molecule has 0 saturated carbocycles. The minimum absolute atomic E-state index is 0.234. The highest BCUT2D eigenvalue weighted by molar-refractivity contribution is 6.36. The van der Waals surface area contributed by atoms with E-state index >= 15 is 0 Å². The van der Waals surface area contributed by atoms with Crippen LogP contribution in [0.15, 0.2) is 18.2 Å². The average Bonchev–Trinajstić information content (AvgIpc) is 2.31. The first-order valence-electron chi connectivity index (χ1n) is 5.40. The van der Waals surface area contributed by atoms with Crippen molar-refractivity contribution in [2.45, 2.75) is 19.4 Å². The van der Waals surface area contributed by atoms with E-state index in [9.17, 15) is 14.7 Å². The lowest BCUT2D eigenvalue weighted by molar-refractivity contribution is -0.146. The fourth-order valence-corrected chi connectivity index (χ4v) is 2.31. The van der Waals surface area contributed by atoms with Gasteiger partial charge in [-0.3, -0.25) is 4.79 Å². The Labute approximate surface area is 115 Å². The summed E-state index contributed by atoms with van der Waals surface area (Å²) in [6, 6.07) is 3.56. The van der Waals surface area contributed by atoms with Gasteiger partial charge in [0, 0.05) is 22.2 Å². The predicted octanol–water partition coefficient (Wildman–Crippen LogP) is 2.99. The van der Waals surface area contributed by atoms with E-state index in [1.807, 2.05) is 6.92 Å². The number of aliphatic carboxylic acids is 1. The third-order valence-electron chi connectivity index (χ3n) is 2.46. The van der Waals surface area contributed by atoms with Gasteiger partial charge in [-0.25, -0.2) is 4.79 Å². The normalized spacial score (nSPS) is 11.9. The fraction of sp³-hybridized carbons (Fsp3) is 0.333. The van der Waals surface area contributed by atoms with Gasteiger partial charge in [0.15, 0.2) is 6.04 Å². The lowest BCUT2D eigenvalue weighted by Crippen LogP contribution is -2.34. The van der Waals surface area contributed by atoms with Crippen molar-refractivity contribution in [3.63, 3.8) is 0 Å². The van der Waals surface area contributed by atoms with Crippen LogP contribution in [0.2, 0.25) is 10.0 Å². The lowest BCUT2D eigenvalue weighted by atomic mass is 10.1. The molecule has 0 aliphatic rings. The minimum Gasteiger partial charge on any atom is -0.479 e. The molecule has 0 aromatic heterocycles. The van der Waals surface area contributed by atoms with Gasteiger partial charge in [-0.05, 0) is 18.6 Å². The van der Waals surface area contributed by atoms with Crippen molar-refractivity contribution in [2.24, 2.45) is 0 Å². The van der Waals surface area contributed by atoms with E-state index < -0.39 is 12.0 Å². The van der Waals surface area contributed by atoms with Gasteiger partial charge >= 0.3 is 5.97 Å². The van der Waals surface area contributed by atoms with Crippen molar-refractivity contribution in [3.8, 4) is 0 Å². The molecule has 98 valence electrons. The molecule has 4 nitrogen and oxygen atoms in total. The maximum absolute atomic E-state index is 11.4. The van der Waals surface area contributed by atoms with E-state index in [0.29, 0.717) is 19.4 Å². The van der Waals surface area contributed by atoms with Crippen LogP contribution in [-0.2, 0) is 9.59 Å². The van der Waals surface area contributed by atoms with Gasteiger partial charge in [0.05, 0.1) is 0 Å².